The van der Waals surface area contributed by atoms with Crippen molar-refractivity contribution in [1.29, 1.82) is 0 Å². The van der Waals surface area contributed by atoms with Crippen LogP contribution in [0.5, 0.6) is 0 Å². The number of carbonyl (C=O) groups is 1. The van der Waals surface area contributed by atoms with Crippen molar-refractivity contribution in [3.63, 3.8) is 0 Å². The van der Waals surface area contributed by atoms with Crippen molar-refractivity contribution in [2.75, 3.05) is 20.2 Å². The first-order valence-electron chi connectivity index (χ1n) is 5.82. The highest BCUT2D eigenvalue weighted by molar-refractivity contribution is 5.74. The molecule has 5 nitrogen and oxygen atoms in total. The number of amides is 2. The first-order chi connectivity index (χ1) is 7.50. The van der Waals surface area contributed by atoms with Gasteiger partial charge in [0.1, 0.15) is 0 Å². The number of nitrogens with one attached hydrogen (secondary N) is 1. The van der Waals surface area contributed by atoms with Gasteiger partial charge in [-0.15, -0.1) is 0 Å². The third-order valence-electron chi connectivity index (χ3n) is 2.76. The molecule has 0 aliphatic carbocycles. The van der Waals surface area contributed by atoms with E-state index in [1.165, 1.54) is 4.90 Å². The minimum Gasteiger partial charge on any atom is -0.392 e. The number of aliphatic hydroxyl groups excluding tert-OH is 1. The van der Waals surface area contributed by atoms with Crippen LogP contribution in [0.1, 0.15) is 26.7 Å². The van der Waals surface area contributed by atoms with Gasteiger partial charge in [-0.2, -0.15) is 0 Å². The van der Waals surface area contributed by atoms with E-state index in [0.717, 1.165) is 19.4 Å². The molecule has 1 heterocycles. The Morgan fingerprint density at radius 2 is 2.31 bits per heavy atom. The van der Waals surface area contributed by atoms with Gasteiger partial charge in [0, 0.05) is 20.2 Å². The lowest BCUT2D eigenvalue weighted by Crippen LogP contribution is -2.48. The molecule has 2 amide bonds. The zero-order chi connectivity index (χ0) is 12.1. The van der Waals surface area contributed by atoms with E-state index in [2.05, 4.69) is 5.32 Å². The molecule has 0 aromatic carbocycles. The predicted molar refractivity (Wildman–Crippen MR) is 61.3 cm³/mol. The Bertz CT molecular complexity index is 227. The molecule has 1 rings (SSSR count). The third kappa shape index (κ3) is 3.98. The van der Waals surface area contributed by atoms with E-state index in [0.29, 0.717) is 6.54 Å². The number of nitrogens with zero attached hydrogens (tertiary/aromatic N) is 1. The van der Waals surface area contributed by atoms with Gasteiger partial charge in [0.05, 0.1) is 18.2 Å². The Balaban J connectivity index is 2.31. The number of carbonyl (C=O) groups excluding carboxylic acids is 1. The van der Waals surface area contributed by atoms with Gasteiger partial charge in [-0.3, -0.25) is 0 Å². The van der Waals surface area contributed by atoms with Crippen LogP contribution in [0.2, 0.25) is 0 Å². The molecule has 0 bridgehead atoms. The zero-order valence-electron chi connectivity index (χ0n) is 10.3. The smallest absolute Gasteiger partial charge is 0.317 e. The van der Waals surface area contributed by atoms with Crippen LogP contribution in [0.4, 0.5) is 4.79 Å². The van der Waals surface area contributed by atoms with Gasteiger partial charge in [-0.1, -0.05) is 0 Å². The van der Waals surface area contributed by atoms with E-state index < -0.39 is 6.10 Å². The van der Waals surface area contributed by atoms with Crippen molar-refractivity contribution in [2.45, 2.75) is 44.9 Å². The molecule has 0 radical (unpaired) electrons. The van der Waals surface area contributed by atoms with Crippen LogP contribution in [0.15, 0.2) is 0 Å². The summed E-state index contributed by atoms with van der Waals surface area (Å²) in [7, 11) is 1.67. The Hall–Kier alpha value is -0.810. The lowest BCUT2D eigenvalue weighted by atomic mass is 10.1. The third-order valence-corrected chi connectivity index (χ3v) is 2.76. The summed E-state index contributed by atoms with van der Waals surface area (Å²) in [5.41, 5.74) is 0. The van der Waals surface area contributed by atoms with Gasteiger partial charge >= 0.3 is 6.03 Å². The fourth-order valence-corrected chi connectivity index (χ4v) is 1.87. The van der Waals surface area contributed by atoms with Crippen LogP contribution >= 0.6 is 0 Å². The Morgan fingerprint density at radius 3 is 2.81 bits per heavy atom. The van der Waals surface area contributed by atoms with Crippen LogP contribution in [0.25, 0.3) is 0 Å². The number of hydrogen-bond acceptors (Lipinski definition) is 3. The summed E-state index contributed by atoms with van der Waals surface area (Å²) in [5, 5.41) is 12.0. The van der Waals surface area contributed by atoms with Gasteiger partial charge in [0.2, 0.25) is 0 Å². The Labute approximate surface area is 96.8 Å². The molecular weight excluding hydrogens is 208 g/mol. The summed E-state index contributed by atoms with van der Waals surface area (Å²) >= 11 is 0. The molecule has 1 saturated heterocycles. The maximum absolute atomic E-state index is 11.7. The SMILES string of the molecule is CC(O)CN(C)C(=O)NC(C)C1CCCO1. The first-order valence-corrected chi connectivity index (χ1v) is 5.82. The van der Waals surface area contributed by atoms with Crippen molar-refractivity contribution in [2.24, 2.45) is 0 Å². The van der Waals surface area contributed by atoms with Crippen LogP contribution in [0, 0.1) is 0 Å². The lowest BCUT2D eigenvalue weighted by molar-refractivity contribution is 0.0821. The van der Waals surface area contributed by atoms with E-state index in [-0.39, 0.29) is 18.2 Å². The number of rotatable bonds is 4. The second-order valence-corrected chi connectivity index (χ2v) is 4.52. The van der Waals surface area contributed by atoms with Crippen molar-refractivity contribution >= 4 is 6.03 Å². The molecule has 0 spiro atoms. The molecule has 16 heavy (non-hydrogen) atoms. The highest BCUT2D eigenvalue weighted by Gasteiger charge is 2.24. The summed E-state index contributed by atoms with van der Waals surface area (Å²) in [6.45, 7) is 4.73. The molecule has 1 aliphatic rings. The van der Waals surface area contributed by atoms with Gasteiger partial charge in [0.25, 0.3) is 0 Å². The largest absolute Gasteiger partial charge is 0.392 e. The van der Waals surface area contributed by atoms with Crippen LogP contribution < -0.4 is 5.32 Å². The standard InChI is InChI=1S/C11H22N2O3/c1-8(14)7-13(3)11(15)12-9(2)10-5-4-6-16-10/h8-10,14H,4-7H2,1-3H3,(H,12,15). The highest BCUT2D eigenvalue weighted by Crippen LogP contribution is 2.15. The minimum atomic E-state index is -0.506. The Kier molecular flexibility index (Phi) is 5.02. The Morgan fingerprint density at radius 1 is 1.62 bits per heavy atom. The quantitative estimate of drug-likeness (QED) is 0.742. The summed E-state index contributed by atoms with van der Waals surface area (Å²) in [5.74, 6) is 0. The normalized spacial score (nSPS) is 23.9. The fraction of sp³-hybridized carbons (Fsp3) is 0.909. The maximum atomic E-state index is 11.7. The molecular formula is C11H22N2O3. The van der Waals surface area contributed by atoms with Crippen LogP contribution in [0.3, 0.4) is 0 Å². The van der Waals surface area contributed by atoms with Crippen LogP contribution in [-0.4, -0.2) is 54.5 Å². The first kappa shape index (κ1) is 13.3. The number of ether oxygens (including phenoxy) is 1. The van der Waals surface area contributed by atoms with E-state index in [4.69, 9.17) is 4.74 Å². The topological polar surface area (TPSA) is 61.8 Å². The highest BCUT2D eigenvalue weighted by atomic mass is 16.5. The summed E-state index contributed by atoms with van der Waals surface area (Å²) < 4.78 is 5.49. The zero-order valence-corrected chi connectivity index (χ0v) is 10.3. The lowest BCUT2D eigenvalue weighted by Gasteiger charge is -2.25. The van der Waals surface area contributed by atoms with E-state index in [1.807, 2.05) is 6.92 Å². The van der Waals surface area contributed by atoms with E-state index in [1.54, 1.807) is 14.0 Å². The maximum Gasteiger partial charge on any atom is 0.317 e. The van der Waals surface area contributed by atoms with Crippen molar-refractivity contribution in [1.82, 2.24) is 10.2 Å². The van der Waals surface area contributed by atoms with Gasteiger partial charge in [-0.05, 0) is 26.7 Å². The van der Waals surface area contributed by atoms with Crippen molar-refractivity contribution < 1.29 is 14.6 Å². The van der Waals surface area contributed by atoms with E-state index in [9.17, 15) is 9.90 Å². The molecule has 94 valence electrons. The van der Waals surface area contributed by atoms with Gasteiger partial charge < -0.3 is 20.1 Å². The number of aliphatic hydroxyl groups is 1. The predicted octanol–water partition coefficient (Wildman–Crippen LogP) is 0.576. The summed E-state index contributed by atoms with van der Waals surface area (Å²) in [4.78, 5) is 13.2. The molecule has 0 aromatic rings. The molecule has 5 heteroatoms. The number of likely N-dealkylation sites (N-methyl/N-ethyl adjacent to an activating group) is 1. The molecule has 0 saturated carbocycles. The minimum absolute atomic E-state index is 0.0199. The second kappa shape index (κ2) is 6.06. The average molecular weight is 230 g/mol. The molecule has 3 unspecified atom stereocenters. The molecule has 3 atom stereocenters. The van der Waals surface area contributed by atoms with Gasteiger partial charge in [0.15, 0.2) is 0 Å². The van der Waals surface area contributed by atoms with Crippen molar-refractivity contribution in [3.05, 3.63) is 0 Å². The summed E-state index contributed by atoms with van der Waals surface area (Å²) in [6, 6.07) is -0.143. The monoisotopic (exact) mass is 230 g/mol. The summed E-state index contributed by atoms with van der Waals surface area (Å²) in [6.07, 6.45) is 1.69. The van der Waals surface area contributed by atoms with Gasteiger partial charge in [-0.25, -0.2) is 4.79 Å². The second-order valence-electron chi connectivity index (χ2n) is 4.52. The molecule has 1 aliphatic heterocycles. The van der Waals surface area contributed by atoms with Crippen molar-refractivity contribution in [3.8, 4) is 0 Å². The molecule has 2 N–H and O–H groups in total. The van der Waals surface area contributed by atoms with Crippen LogP contribution in [-0.2, 0) is 4.74 Å². The number of urea groups is 1. The number of hydrogen-bond donors (Lipinski definition) is 2. The molecule has 0 aromatic heterocycles. The van der Waals surface area contributed by atoms with E-state index >= 15 is 0 Å². The molecule has 1 fully saturated rings. The fourth-order valence-electron chi connectivity index (χ4n) is 1.87. The average Bonchev–Trinajstić information content (AvgIpc) is 2.68.